The number of urea groups is 1. The van der Waals surface area contributed by atoms with Crippen molar-refractivity contribution in [1.29, 1.82) is 0 Å². The lowest BCUT2D eigenvalue weighted by Gasteiger charge is -2.40. The Labute approximate surface area is 163 Å². The number of nitrogens with zero attached hydrogens (tertiary/aromatic N) is 2. The second kappa shape index (κ2) is 9.07. The number of piperidine rings is 1. The average molecular weight is 372 g/mol. The highest BCUT2D eigenvalue weighted by Crippen LogP contribution is 2.25. The lowest BCUT2D eigenvalue weighted by molar-refractivity contribution is 0.0117. The topological polar surface area (TPSA) is 44.8 Å². The third kappa shape index (κ3) is 4.82. The van der Waals surface area contributed by atoms with Gasteiger partial charge in [-0.2, -0.15) is 0 Å². The molecule has 3 heterocycles. The maximum Gasteiger partial charge on any atom is 0.317 e. The molecule has 0 saturated carbocycles. The van der Waals surface area contributed by atoms with E-state index in [9.17, 15) is 4.79 Å². The number of hydrogen-bond acceptors (Lipinski definition) is 3. The molecular formula is C22H33N3O2. The van der Waals surface area contributed by atoms with E-state index in [1.54, 1.807) is 0 Å². The van der Waals surface area contributed by atoms with E-state index in [1.165, 1.54) is 24.0 Å². The number of rotatable bonds is 4. The number of hydrogen-bond donors (Lipinski definition) is 1. The van der Waals surface area contributed by atoms with E-state index in [2.05, 4.69) is 34.5 Å². The molecule has 1 unspecified atom stereocenters. The third-order valence-electron chi connectivity index (χ3n) is 6.44. The maximum atomic E-state index is 12.4. The summed E-state index contributed by atoms with van der Waals surface area (Å²) in [7, 11) is 0. The van der Waals surface area contributed by atoms with Crippen molar-refractivity contribution in [3.8, 4) is 0 Å². The van der Waals surface area contributed by atoms with E-state index in [1.807, 2.05) is 4.90 Å². The Balaban J connectivity index is 1.18. The van der Waals surface area contributed by atoms with Gasteiger partial charge in [0.05, 0.1) is 6.10 Å². The normalized spacial score (nSPS) is 24.4. The van der Waals surface area contributed by atoms with Crippen LogP contribution in [0.4, 0.5) is 4.79 Å². The molecule has 4 rings (SSSR count). The standard InChI is InChI=1S/C22H33N3O2/c26-22(23-12-8-21-7-3-4-16-27-21)24-14-10-20(11-15-24)25-13-9-18-5-1-2-6-19(18)17-25/h1-2,5-6,20-21H,3-4,7-17H2,(H,23,26). The van der Waals surface area contributed by atoms with Crippen LogP contribution in [0, 0.1) is 0 Å². The van der Waals surface area contributed by atoms with Crippen LogP contribution in [0.1, 0.15) is 49.7 Å². The summed E-state index contributed by atoms with van der Waals surface area (Å²) < 4.78 is 5.74. The molecular weight excluding hydrogens is 338 g/mol. The Kier molecular flexibility index (Phi) is 6.30. The van der Waals surface area contributed by atoms with Crippen molar-refractivity contribution in [3.05, 3.63) is 35.4 Å². The number of amides is 2. The molecule has 2 amide bonds. The largest absolute Gasteiger partial charge is 0.378 e. The van der Waals surface area contributed by atoms with Crippen LogP contribution in [0.5, 0.6) is 0 Å². The molecule has 148 valence electrons. The van der Waals surface area contributed by atoms with Crippen LogP contribution in [0.2, 0.25) is 0 Å². The summed E-state index contributed by atoms with van der Waals surface area (Å²) in [5.41, 5.74) is 2.99. The van der Waals surface area contributed by atoms with Gasteiger partial charge < -0.3 is 15.0 Å². The fourth-order valence-corrected chi connectivity index (χ4v) is 4.75. The predicted molar refractivity (Wildman–Crippen MR) is 107 cm³/mol. The van der Waals surface area contributed by atoms with Gasteiger partial charge >= 0.3 is 6.03 Å². The molecule has 1 aromatic carbocycles. The first-order valence-corrected chi connectivity index (χ1v) is 10.7. The monoisotopic (exact) mass is 371 g/mol. The molecule has 3 aliphatic heterocycles. The maximum absolute atomic E-state index is 12.4. The number of fused-ring (bicyclic) bond motifs is 1. The van der Waals surface area contributed by atoms with Crippen molar-refractivity contribution in [2.24, 2.45) is 0 Å². The SMILES string of the molecule is O=C(NCCC1CCCCO1)N1CCC(N2CCc3ccccc3C2)CC1. The summed E-state index contributed by atoms with van der Waals surface area (Å²) in [6.45, 7) is 5.56. The zero-order chi connectivity index (χ0) is 18.5. The Bertz CT molecular complexity index is 622. The molecule has 5 nitrogen and oxygen atoms in total. The highest BCUT2D eigenvalue weighted by Gasteiger charge is 2.28. The van der Waals surface area contributed by atoms with Crippen LogP contribution in [0.15, 0.2) is 24.3 Å². The van der Waals surface area contributed by atoms with Crippen molar-refractivity contribution in [1.82, 2.24) is 15.1 Å². The van der Waals surface area contributed by atoms with Crippen LogP contribution in [0.25, 0.3) is 0 Å². The lowest BCUT2D eigenvalue weighted by atomic mass is 9.95. The molecule has 0 aromatic heterocycles. The first-order chi connectivity index (χ1) is 13.3. The van der Waals surface area contributed by atoms with Crippen molar-refractivity contribution in [3.63, 3.8) is 0 Å². The second-order valence-electron chi connectivity index (χ2n) is 8.22. The van der Waals surface area contributed by atoms with E-state index in [-0.39, 0.29) is 6.03 Å². The minimum absolute atomic E-state index is 0.105. The van der Waals surface area contributed by atoms with Crippen molar-refractivity contribution >= 4 is 6.03 Å². The molecule has 0 radical (unpaired) electrons. The number of carbonyl (C=O) groups is 1. The Morgan fingerprint density at radius 3 is 2.67 bits per heavy atom. The molecule has 1 atom stereocenters. The number of likely N-dealkylation sites (tertiary alicyclic amines) is 1. The van der Waals surface area contributed by atoms with E-state index >= 15 is 0 Å². The number of nitrogens with one attached hydrogen (secondary N) is 1. The Hall–Kier alpha value is -1.59. The first kappa shape index (κ1) is 18.8. The van der Waals surface area contributed by atoms with Gasteiger partial charge in [-0.05, 0) is 56.1 Å². The smallest absolute Gasteiger partial charge is 0.317 e. The van der Waals surface area contributed by atoms with Gasteiger partial charge in [0, 0.05) is 45.4 Å². The van der Waals surface area contributed by atoms with Gasteiger partial charge in [0.15, 0.2) is 0 Å². The summed E-state index contributed by atoms with van der Waals surface area (Å²) in [5.74, 6) is 0. The zero-order valence-electron chi connectivity index (χ0n) is 16.4. The number of ether oxygens (including phenoxy) is 1. The lowest BCUT2D eigenvalue weighted by Crippen LogP contribution is -2.50. The molecule has 27 heavy (non-hydrogen) atoms. The third-order valence-corrected chi connectivity index (χ3v) is 6.44. The van der Waals surface area contributed by atoms with Crippen LogP contribution >= 0.6 is 0 Å². The Morgan fingerprint density at radius 1 is 1.07 bits per heavy atom. The van der Waals surface area contributed by atoms with Crippen LogP contribution in [-0.4, -0.2) is 60.8 Å². The fraction of sp³-hybridized carbons (Fsp3) is 0.682. The minimum Gasteiger partial charge on any atom is -0.378 e. The molecule has 2 saturated heterocycles. The van der Waals surface area contributed by atoms with E-state index in [0.29, 0.717) is 12.1 Å². The molecule has 5 heteroatoms. The van der Waals surface area contributed by atoms with Gasteiger partial charge in [-0.3, -0.25) is 4.90 Å². The van der Waals surface area contributed by atoms with Crippen molar-refractivity contribution in [2.75, 3.05) is 32.8 Å². The zero-order valence-corrected chi connectivity index (χ0v) is 16.4. The number of carbonyl (C=O) groups excluding carboxylic acids is 1. The number of benzene rings is 1. The highest BCUT2D eigenvalue weighted by atomic mass is 16.5. The molecule has 0 bridgehead atoms. The van der Waals surface area contributed by atoms with E-state index < -0.39 is 0 Å². The summed E-state index contributed by atoms with van der Waals surface area (Å²) in [6.07, 6.45) is 8.18. The quantitative estimate of drug-likeness (QED) is 0.884. The van der Waals surface area contributed by atoms with Crippen molar-refractivity contribution in [2.45, 2.75) is 63.6 Å². The summed E-state index contributed by atoms with van der Waals surface area (Å²) >= 11 is 0. The average Bonchev–Trinajstić information content (AvgIpc) is 2.74. The minimum atomic E-state index is 0.105. The summed E-state index contributed by atoms with van der Waals surface area (Å²) in [4.78, 5) is 17.1. The molecule has 0 aliphatic carbocycles. The van der Waals surface area contributed by atoms with Crippen LogP contribution in [-0.2, 0) is 17.7 Å². The van der Waals surface area contributed by atoms with Gasteiger partial charge in [-0.15, -0.1) is 0 Å². The molecule has 1 aromatic rings. The van der Waals surface area contributed by atoms with Crippen LogP contribution in [0.3, 0.4) is 0 Å². The van der Waals surface area contributed by atoms with Gasteiger partial charge in [0.25, 0.3) is 0 Å². The van der Waals surface area contributed by atoms with Crippen molar-refractivity contribution < 1.29 is 9.53 Å². The highest BCUT2D eigenvalue weighted by molar-refractivity contribution is 5.74. The van der Waals surface area contributed by atoms with Gasteiger partial charge in [0.2, 0.25) is 0 Å². The Morgan fingerprint density at radius 2 is 1.89 bits per heavy atom. The van der Waals surface area contributed by atoms with Crippen LogP contribution < -0.4 is 5.32 Å². The summed E-state index contributed by atoms with van der Waals surface area (Å²) in [5, 5.41) is 3.10. The van der Waals surface area contributed by atoms with Gasteiger partial charge in [0.1, 0.15) is 0 Å². The van der Waals surface area contributed by atoms with E-state index in [0.717, 1.165) is 71.4 Å². The molecule has 1 N–H and O–H groups in total. The fourth-order valence-electron chi connectivity index (χ4n) is 4.75. The molecule has 0 spiro atoms. The molecule has 3 aliphatic rings. The van der Waals surface area contributed by atoms with Gasteiger partial charge in [-0.25, -0.2) is 4.79 Å². The van der Waals surface area contributed by atoms with Gasteiger partial charge in [-0.1, -0.05) is 24.3 Å². The first-order valence-electron chi connectivity index (χ1n) is 10.7. The summed E-state index contributed by atoms with van der Waals surface area (Å²) in [6, 6.07) is 9.53. The molecule has 2 fully saturated rings. The van der Waals surface area contributed by atoms with E-state index in [4.69, 9.17) is 4.74 Å². The second-order valence-corrected chi connectivity index (χ2v) is 8.22. The predicted octanol–water partition coefficient (Wildman–Crippen LogP) is 3.18.